The topological polar surface area (TPSA) is 79.3 Å². The van der Waals surface area contributed by atoms with Gasteiger partial charge in [0, 0.05) is 18.3 Å². The molecule has 5 heteroatoms. The lowest BCUT2D eigenvalue weighted by Crippen LogP contribution is -2.32. The van der Waals surface area contributed by atoms with Crippen LogP contribution < -0.4 is 5.32 Å². The largest absolute Gasteiger partial charge is 0.481 e. The Bertz CT molecular complexity index is 461. The lowest BCUT2D eigenvalue weighted by molar-refractivity contribution is -0.141. The fraction of sp³-hybridized carbons (Fsp3) is 0.500. The zero-order chi connectivity index (χ0) is 13.8. The summed E-state index contributed by atoms with van der Waals surface area (Å²) in [4.78, 5) is 26.9. The Balaban J connectivity index is 1.90. The summed E-state index contributed by atoms with van der Waals surface area (Å²) in [6.45, 7) is 1.91. The molecule has 1 aliphatic rings. The molecule has 2 N–H and O–H groups in total. The number of aromatic nitrogens is 1. The Hall–Kier alpha value is -1.91. The highest BCUT2D eigenvalue weighted by Crippen LogP contribution is 2.31. The number of carbonyl (C=O) groups is 2. The molecule has 0 aromatic carbocycles. The number of rotatable bonds is 4. The molecule has 1 aliphatic carbocycles. The number of amides is 1. The van der Waals surface area contributed by atoms with E-state index >= 15 is 0 Å². The summed E-state index contributed by atoms with van der Waals surface area (Å²) < 4.78 is 0. The van der Waals surface area contributed by atoms with Gasteiger partial charge < -0.3 is 10.4 Å². The Morgan fingerprint density at radius 3 is 2.53 bits per heavy atom. The highest BCUT2D eigenvalue weighted by atomic mass is 16.4. The van der Waals surface area contributed by atoms with E-state index in [2.05, 4.69) is 10.3 Å². The molecule has 0 spiro atoms. The van der Waals surface area contributed by atoms with Crippen molar-refractivity contribution in [2.24, 2.45) is 11.8 Å². The number of carboxylic acid groups (broad SMARTS) is 1. The Morgan fingerprint density at radius 1 is 1.32 bits per heavy atom. The van der Waals surface area contributed by atoms with Crippen molar-refractivity contribution in [3.05, 3.63) is 30.1 Å². The first-order chi connectivity index (χ1) is 9.08. The summed E-state index contributed by atoms with van der Waals surface area (Å²) in [7, 11) is 0. The van der Waals surface area contributed by atoms with Crippen LogP contribution in [-0.2, 0) is 9.59 Å². The zero-order valence-electron chi connectivity index (χ0n) is 10.9. The van der Waals surface area contributed by atoms with Gasteiger partial charge in [-0.1, -0.05) is 0 Å². The summed E-state index contributed by atoms with van der Waals surface area (Å²) in [6.07, 6.45) is 5.08. The van der Waals surface area contributed by atoms with E-state index in [0.717, 1.165) is 5.56 Å². The summed E-state index contributed by atoms with van der Waals surface area (Å²) in [6, 6.07) is 3.64. The summed E-state index contributed by atoms with van der Waals surface area (Å²) in [5, 5.41) is 11.9. The van der Waals surface area contributed by atoms with Crippen molar-refractivity contribution in [2.45, 2.75) is 32.2 Å². The van der Waals surface area contributed by atoms with E-state index in [1.165, 1.54) is 0 Å². The van der Waals surface area contributed by atoms with Crippen LogP contribution in [0.3, 0.4) is 0 Å². The van der Waals surface area contributed by atoms with Crippen LogP contribution in [-0.4, -0.2) is 22.0 Å². The van der Waals surface area contributed by atoms with E-state index in [9.17, 15) is 9.59 Å². The smallest absolute Gasteiger partial charge is 0.306 e. The van der Waals surface area contributed by atoms with E-state index in [1.54, 1.807) is 12.4 Å². The molecule has 1 aromatic rings. The average Bonchev–Trinajstić information content (AvgIpc) is 2.89. The van der Waals surface area contributed by atoms with Crippen LogP contribution in [0.4, 0.5) is 0 Å². The third-order valence-electron chi connectivity index (χ3n) is 3.72. The van der Waals surface area contributed by atoms with Gasteiger partial charge in [0.1, 0.15) is 0 Å². The molecule has 1 fully saturated rings. The van der Waals surface area contributed by atoms with Gasteiger partial charge in [0.15, 0.2) is 0 Å². The molecule has 1 amide bonds. The van der Waals surface area contributed by atoms with Crippen molar-refractivity contribution in [1.82, 2.24) is 10.3 Å². The molecule has 0 aliphatic heterocycles. The normalized spacial score (nSPS) is 23.8. The number of nitrogens with one attached hydrogen (secondary N) is 1. The van der Waals surface area contributed by atoms with Crippen LogP contribution >= 0.6 is 0 Å². The van der Waals surface area contributed by atoms with Crippen molar-refractivity contribution >= 4 is 11.9 Å². The standard InChI is InChI=1S/C14H18N2O3/c1-9(10-4-6-15-7-5-10)16-13(17)11-2-3-12(8-11)14(18)19/h4-7,9,11-12H,2-3,8H2,1H3,(H,16,17)(H,18,19)/t9-,11?,12?/m0/s1. The van der Waals surface area contributed by atoms with E-state index < -0.39 is 5.97 Å². The first-order valence-electron chi connectivity index (χ1n) is 6.51. The quantitative estimate of drug-likeness (QED) is 0.866. The number of hydrogen-bond acceptors (Lipinski definition) is 3. The first-order valence-corrected chi connectivity index (χ1v) is 6.51. The lowest BCUT2D eigenvalue weighted by atomic mass is 10.0. The molecule has 0 bridgehead atoms. The molecular weight excluding hydrogens is 244 g/mol. The van der Waals surface area contributed by atoms with Crippen LogP contribution in [0.5, 0.6) is 0 Å². The zero-order valence-corrected chi connectivity index (χ0v) is 10.9. The number of carbonyl (C=O) groups excluding carboxylic acids is 1. The Morgan fingerprint density at radius 2 is 1.95 bits per heavy atom. The van der Waals surface area contributed by atoms with Crippen LogP contribution in [0.25, 0.3) is 0 Å². The van der Waals surface area contributed by atoms with E-state index in [1.807, 2.05) is 19.1 Å². The fourth-order valence-electron chi connectivity index (χ4n) is 2.51. The third-order valence-corrected chi connectivity index (χ3v) is 3.72. The minimum atomic E-state index is -0.794. The second-order valence-electron chi connectivity index (χ2n) is 5.06. The number of nitrogens with zero attached hydrogens (tertiary/aromatic N) is 1. The molecule has 3 atom stereocenters. The van der Waals surface area contributed by atoms with Gasteiger partial charge in [0.25, 0.3) is 0 Å². The third kappa shape index (κ3) is 3.30. The van der Waals surface area contributed by atoms with Gasteiger partial charge in [0.2, 0.25) is 5.91 Å². The minimum absolute atomic E-state index is 0.0481. The predicted molar refractivity (Wildman–Crippen MR) is 69.3 cm³/mol. The highest BCUT2D eigenvalue weighted by Gasteiger charge is 2.34. The van der Waals surface area contributed by atoms with E-state index in [-0.39, 0.29) is 23.8 Å². The van der Waals surface area contributed by atoms with Crippen LogP contribution in [0, 0.1) is 11.8 Å². The van der Waals surface area contributed by atoms with Crippen molar-refractivity contribution in [3.8, 4) is 0 Å². The van der Waals surface area contributed by atoms with Crippen molar-refractivity contribution in [2.75, 3.05) is 0 Å². The molecule has 5 nitrogen and oxygen atoms in total. The van der Waals surface area contributed by atoms with E-state index in [4.69, 9.17) is 5.11 Å². The maximum atomic E-state index is 12.1. The second kappa shape index (κ2) is 5.82. The predicted octanol–water partition coefficient (Wildman–Crippen LogP) is 1.76. The van der Waals surface area contributed by atoms with Gasteiger partial charge in [0.05, 0.1) is 12.0 Å². The summed E-state index contributed by atoms with van der Waals surface area (Å²) in [5.41, 5.74) is 0.996. The molecule has 0 saturated heterocycles. The van der Waals surface area contributed by atoms with Crippen LogP contribution in [0.2, 0.25) is 0 Å². The molecule has 1 heterocycles. The van der Waals surface area contributed by atoms with Gasteiger partial charge in [-0.15, -0.1) is 0 Å². The van der Waals surface area contributed by atoms with Crippen LogP contribution in [0.15, 0.2) is 24.5 Å². The maximum Gasteiger partial charge on any atom is 0.306 e. The molecule has 0 radical (unpaired) electrons. The SMILES string of the molecule is C[C@H](NC(=O)C1CCC(C(=O)O)C1)c1ccncc1. The van der Waals surface area contributed by atoms with Gasteiger partial charge in [-0.05, 0) is 43.9 Å². The second-order valence-corrected chi connectivity index (χ2v) is 5.06. The highest BCUT2D eigenvalue weighted by molar-refractivity contribution is 5.81. The molecule has 2 rings (SSSR count). The average molecular weight is 262 g/mol. The monoisotopic (exact) mass is 262 g/mol. The molecule has 1 saturated carbocycles. The number of aliphatic carboxylic acids is 1. The Labute approximate surface area is 112 Å². The molecule has 2 unspecified atom stereocenters. The van der Waals surface area contributed by atoms with E-state index in [0.29, 0.717) is 19.3 Å². The Kier molecular flexibility index (Phi) is 4.14. The summed E-state index contributed by atoms with van der Waals surface area (Å²) in [5.74, 6) is -1.39. The number of pyridine rings is 1. The van der Waals surface area contributed by atoms with Crippen LogP contribution in [0.1, 0.15) is 37.8 Å². The first kappa shape index (κ1) is 13.5. The summed E-state index contributed by atoms with van der Waals surface area (Å²) >= 11 is 0. The van der Waals surface area contributed by atoms with Gasteiger partial charge >= 0.3 is 5.97 Å². The molecule has 102 valence electrons. The maximum absolute atomic E-state index is 12.1. The van der Waals surface area contributed by atoms with Gasteiger partial charge in [-0.25, -0.2) is 0 Å². The molecule has 19 heavy (non-hydrogen) atoms. The fourth-order valence-corrected chi connectivity index (χ4v) is 2.51. The molecule has 1 aromatic heterocycles. The number of carboxylic acids is 1. The molecular formula is C14H18N2O3. The lowest BCUT2D eigenvalue weighted by Gasteiger charge is -2.17. The minimum Gasteiger partial charge on any atom is -0.481 e. The van der Waals surface area contributed by atoms with Crippen molar-refractivity contribution in [3.63, 3.8) is 0 Å². The number of hydrogen-bond donors (Lipinski definition) is 2. The van der Waals surface area contributed by atoms with Crippen molar-refractivity contribution < 1.29 is 14.7 Å². The van der Waals surface area contributed by atoms with Gasteiger partial charge in [-0.2, -0.15) is 0 Å². The van der Waals surface area contributed by atoms with Crippen molar-refractivity contribution in [1.29, 1.82) is 0 Å². The van der Waals surface area contributed by atoms with Gasteiger partial charge in [-0.3, -0.25) is 14.6 Å².